The fourth-order valence-corrected chi connectivity index (χ4v) is 5.88. The van der Waals surface area contributed by atoms with Gasteiger partial charge in [-0.3, -0.25) is 0 Å². The Bertz CT molecular complexity index is 1870. The third-order valence-electron chi connectivity index (χ3n) is 8.74. The van der Waals surface area contributed by atoms with Crippen LogP contribution in [0.15, 0.2) is 115 Å². The van der Waals surface area contributed by atoms with Crippen LogP contribution in [0.3, 0.4) is 0 Å². The highest BCUT2D eigenvalue weighted by Crippen LogP contribution is 2.40. The van der Waals surface area contributed by atoms with Crippen molar-refractivity contribution in [2.45, 2.75) is 38.9 Å². The van der Waals surface area contributed by atoms with Crippen molar-refractivity contribution >= 4 is 44.9 Å². The molecular weight excluding hydrogens is 475 g/mol. The standard InChI is InChI=1S/C36H31BO2/c1-35(2)36(3,4)39-37(38-35)34-22-21-32(30-15-9-10-16-33(30)34)31-20-19-27(28-13-7-8-14-29(28)31)26-18-17-24-11-5-6-12-25(24)23-26/h5-23H,1-4H3. The van der Waals surface area contributed by atoms with Crippen LogP contribution in [0.25, 0.3) is 54.6 Å². The van der Waals surface area contributed by atoms with E-state index in [9.17, 15) is 0 Å². The van der Waals surface area contributed by atoms with Gasteiger partial charge < -0.3 is 9.31 Å². The number of hydrogen-bond donors (Lipinski definition) is 0. The molecule has 0 unspecified atom stereocenters. The van der Waals surface area contributed by atoms with Gasteiger partial charge in [-0.05, 0) is 93.8 Å². The van der Waals surface area contributed by atoms with Crippen molar-refractivity contribution < 1.29 is 9.31 Å². The third kappa shape index (κ3) is 3.88. The maximum absolute atomic E-state index is 6.45. The summed E-state index contributed by atoms with van der Waals surface area (Å²) in [5.41, 5.74) is 5.23. The molecule has 190 valence electrons. The van der Waals surface area contributed by atoms with Gasteiger partial charge in [0.05, 0.1) is 11.2 Å². The second-order valence-corrected chi connectivity index (χ2v) is 11.6. The number of rotatable bonds is 3. The quantitative estimate of drug-likeness (QED) is 0.223. The Hall–Kier alpha value is -3.92. The van der Waals surface area contributed by atoms with Crippen molar-refractivity contribution in [3.05, 3.63) is 115 Å². The minimum atomic E-state index is -0.402. The van der Waals surface area contributed by atoms with Crippen molar-refractivity contribution in [3.63, 3.8) is 0 Å². The molecular formula is C36H31BO2. The monoisotopic (exact) mass is 506 g/mol. The predicted molar refractivity (Wildman–Crippen MR) is 166 cm³/mol. The minimum absolute atomic E-state index is 0.383. The first-order valence-electron chi connectivity index (χ1n) is 13.7. The Morgan fingerprint density at radius 1 is 0.462 bits per heavy atom. The first-order chi connectivity index (χ1) is 18.8. The van der Waals surface area contributed by atoms with Gasteiger partial charge in [-0.2, -0.15) is 0 Å². The lowest BCUT2D eigenvalue weighted by molar-refractivity contribution is 0.00578. The molecule has 0 aromatic heterocycles. The summed E-state index contributed by atoms with van der Waals surface area (Å²) >= 11 is 0. The summed E-state index contributed by atoms with van der Waals surface area (Å²) in [5.74, 6) is 0. The van der Waals surface area contributed by atoms with Gasteiger partial charge in [0.2, 0.25) is 0 Å². The van der Waals surface area contributed by atoms with Gasteiger partial charge in [0.25, 0.3) is 0 Å². The van der Waals surface area contributed by atoms with E-state index >= 15 is 0 Å². The molecule has 1 fully saturated rings. The van der Waals surface area contributed by atoms with Gasteiger partial charge >= 0.3 is 7.12 Å². The number of fused-ring (bicyclic) bond motifs is 3. The molecule has 6 aromatic rings. The minimum Gasteiger partial charge on any atom is -0.399 e. The first-order valence-corrected chi connectivity index (χ1v) is 13.7. The summed E-state index contributed by atoms with van der Waals surface area (Å²) in [6.45, 7) is 8.42. The summed E-state index contributed by atoms with van der Waals surface area (Å²) in [6, 6.07) is 41.6. The van der Waals surface area contributed by atoms with Crippen molar-refractivity contribution in [2.75, 3.05) is 0 Å². The smallest absolute Gasteiger partial charge is 0.399 e. The van der Waals surface area contributed by atoms with Crippen LogP contribution in [0.1, 0.15) is 27.7 Å². The highest BCUT2D eigenvalue weighted by molar-refractivity contribution is 6.65. The summed E-state index contributed by atoms with van der Waals surface area (Å²) in [4.78, 5) is 0. The van der Waals surface area contributed by atoms with Gasteiger partial charge in [0.15, 0.2) is 0 Å². The average molecular weight is 506 g/mol. The normalized spacial score (nSPS) is 16.4. The van der Waals surface area contributed by atoms with Gasteiger partial charge in [-0.25, -0.2) is 0 Å². The molecule has 1 aliphatic heterocycles. The summed E-state index contributed by atoms with van der Waals surface area (Å²) < 4.78 is 12.9. The predicted octanol–water partition coefficient (Wildman–Crippen LogP) is 8.78. The molecule has 6 aromatic carbocycles. The van der Waals surface area contributed by atoms with Crippen LogP contribution in [-0.2, 0) is 9.31 Å². The molecule has 0 atom stereocenters. The Morgan fingerprint density at radius 2 is 0.949 bits per heavy atom. The van der Waals surface area contributed by atoms with E-state index in [1.54, 1.807) is 0 Å². The molecule has 1 aliphatic rings. The van der Waals surface area contributed by atoms with Gasteiger partial charge in [0, 0.05) is 0 Å². The van der Waals surface area contributed by atoms with E-state index in [2.05, 4.69) is 143 Å². The van der Waals surface area contributed by atoms with E-state index in [1.165, 1.54) is 49.2 Å². The van der Waals surface area contributed by atoms with E-state index in [1.807, 2.05) is 0 Å². The van der Waals surface area contributed by atoms with Crippen molar-refractivity contribution in [2.24, 2.45) is 0 Å². The molecule has 7 rings (SSSR count). The van der Waals surface area contributed by atoms with Gasteiger partial charge in [0.1, 0.15) is 0 Å². The topological polar surface area (TPSA) is 18.5 Å². The lowest BCUT2D eigenvalue weighted by Crippen LogP contribution is -2.41. The van der Waals surface area contributed by atoms with Crippen LogP contribution in [0, 0.1) is 0 Å². The molecule has 0 amide bonds. The lowest BCUT2D eigenvalue weighted by Gasteiger charge is -2.32. The summed E-state index contributed by atoms with van der Waals surface area (Å²) in [6.07, 6.45) is 0. The van der Waals surface area contributed by atoms with Crippen LogP contribution >= 0.6 is 0 Å². The van der Waals surface area contributed by atoms with Crippen LogP contribution in [0.2, 0.25) is 0 Å². The average Bonchev–Trinajstić information content (AvgIpc) is 3.17. The largest absolute Gasteiger partial charge is 0.495 e. The number of hydrogen-bond acceptors (Lipinski definition) is 2. The van der Waals surface area contributed by atoms with E-state index in [-0.39, 0.29) is 11.2 Å². The Kier molecular flexibility index (Phi) is 5.45. The Morgan fingerprint density at radius 3 is 1.62 bits per heavy atom. The van der Waals surface area contributed by atoms with Crippen molar-refractivity contribution in [1.82, 2.24) is 0 Å². The highest BCUT2D eigenvalue weighted by Gasteiger charge is 2.52. The molecule has 0 spiro atoms. The molecule has 2 nitrogen and oxygen atoms in total. The molecule has 0 aliphatic carbocycles. The molecule has 0 bridgehead atoms. The van der Waals surface area contributed by atoms with E-state index in [4.69, 9.17) is 9.31 Å². The molecule has 0 saturated carbocycles. The van der Waals surface area contributed by atoms with Crippen molar-refractivity contribution in [3.8, 4) is 22.3 Å². The second-order valence-electron chi connectivity index (χ2n) is 11.6. The molecule has 1 heterocycles. The zero-order chi connectivity index (χ0) is 26.8. The molecule has 1 saturated heterocycles. The maximum Gasteiger partial charge on any atom is 0.495 e. The molecule has 0 radical (unpaired) electrons. The second kappa shape index (κ2) is 8.81. The van der Waals surface area contributed by atoms with Crippen LogP contribution in [-0.4, -0.2) is 18.3 Å². The van der Waals surface area contributed by atoms with Crippen LogP contribution in [0.4, 0.5) is 0 Å². The third-order valence-corrected chi connectivity index (χ3v) is 8.74. The molecule has 3 heteroatoms. The first kappa shape index (κ1) is 24.1. The van der Waals surface area contributed by atoms with Crippen LogP contribution in [0.5, 0.6) is 0 Å². The van der Waals surface area contributed by atoms with E-state index in [0.29, 0.717) is 0 Å². The van der Waals surface area contributed by atoms with Crippen molar-refractivity contribution in [1.29, 1.82) is 0 Å². The molecule has 0 N–H and O–H groups in total. The summed E-state index contributed by atoms with van der Waals surface area (Å²) in [5, 5.41) is 7.38. The maximum atomic E-state index is 6.45. The highest BCUT2D eigenvalue weighted by atomic mass is 16.7. The van der Waals surface area contributed by atoms with E-state index < -0.39 is 7.12 Å². The SMILES string of the molecule is CC1(C)OB(c2ccc(-c3ccc(-c4ccc5ccccc5c4)c4ccccc34)c3ccccc23)OC1(C)C. The van der Waals surface area contributed by atoms with Gasteiger partial charge in [-0.15, -0.1) is 0 Å². The Balaban J connectivity index is 1.39. The van der Waals surface area contributed by atoms with E-state index in [0.717, 1.165) is 10.8 Å². The Labute approximate surface area is 230 Å². The lowest BCUT2D eigenvalue weighted by atomic mass is 9.74. The summed E-state index contributed by atoms with van der Waals surface area (Å²) in [7, 11) is -0.402. The fourth-order valence-electron chi connectivity index (χ4n) is 5.88. The van der Waals surface area contributed by atoms with Crippen LogP contribution < -0.4 is 5.46 Å². The molecule has 39 heavy (non-hydrogen) atoms. The zero-order valence-corrected chi connectivity index (χ0v) is 22.9. The fraction of sp³-hybridized carbons (Fsp3) is 0.167. The zero-order valence-electron chi connectivity index (χ0n) is 22.9. The van der Waals surface area contributed by atoms with Gasteiger partial charge in [-0.1, -0.05) is 109 Å². The number of benzene rings is 6.